The summed E-state index contributed by atoms with van der Waals surface area (Å²) in [5, 5.41) is 0. The van der Waals surface area contributed by atoms with Gasteiger partial charge in [-0.3, -0.25) is 4.79 Å². The number of hydrogen-bond acceptors (Lipinski definition) is 3. The van der Waals surface area contributed by atoms with E-state index in [-0.39, 0.29) is 5.91 Å². The molecule has 0 spiro atoms. The molecule has 4 nitrogen and oxygen atoms in total. The molecule has 20 heavy (non-hydrogen) atoms. The highest BCUT2D eigenvalue weighted by atomic mass is 16.5. The van der Waals surface area contributed by atoms with Gasteiger partial charge in [0.2, 0.25) is 5.91 Å². The van der Waals surface area contributed by atoms with Crippen LogP contribution >= 0.6 is 0 Å². The molecule has 0 heterocycles. The molecule has 1 aromatic rings. The van der Waals surface area contributed by atoms with Crippen molar-refractivity contribution < 1.29 is 9.53 Å². The summed E-state index contributed by atoms with van der Waals surface area (Å²) in [5.74, 6) is 1.22. The second-order valence-electron chi connectivity index (χ2n) is 5.66. The molecule has 0 aliphatic rings. The predicted octanol–water partition coefficient (Wildman–Crippen LogP) is 2.21. The van der Waals surface area contributed by atoms with Crippen molar-refractivity contribution in [3.63, 3.8) is 0 Å². The van der Waals surface area contributed by atoms with Gasteiger partial charge in [0, 0.05) is 7.05 Å². The van der Waals surface area contributed by atoms with E-state index in [1.807, 2.05) is 31.2 Å². The second kappa shape index (κ2) is 7.90. The van der Waals surface area contributed by atoms with E-state index in [0.717, 1.165) is 5.75 Å². The minimum absolute atomic E-state index is 0.0220. The summed E-state index contributed by atoms with van der Waals surface area (Å²) in [6.07, 6.45) is 0.710. The number of ether oxygens (including phenoxy) is 1. The standard InChI is InChI=1S/C16H26N2O2/c1-12(2)11-15(17)16(19)18(4)9-10-20-14-7-5-13(3)6-8-14/h5-8,12,15H,9-11,17H2,1-4H3/t15-/m0/s1. The topological polar surface area (TPSA) is 55.6 Å². The molecule has 0 unspecified atom stereocenters. The van der Waals surface area contributed by atoms with Crippen LogP contribution in [0.1, 0.15) is 25.8 Å². The molecule has 1 amide bonds. The molecule has 0 bridgehead atoms. The molecule has 2 N–H and O–H groups in total. The Balaban J connectivity index is 2.33. The average Bonchev–Trinajstić information content (AvgIpc) is 2.39. The van der Waals surface area contributed by atoms with Crippen molar-refractivity contribution in [2.75, 3.05) is 20.2 Å². The Bertz CT molecular complexity index is 415. The van der Waals surface area contributed by atoms with Crippen LogP contribution in [0, 0.1) is 12.8 Å². The van der Waals surface area contributed by atoms with Crippen LogP contribution in [0.3, 0.4) is 0 Å². The first-order valence-electron chi connectivity index (χ1n) is 7.10. The lowest BCUT2D eigenvalue weighted by molar-refractivity contribution is -0.131. The Labute approximate surface area is 121 Å². The summed E-state index contributed by atoms with van der Waals surface area (Å²) < 4.78 is 5.61. The first-order valence-corrected chi connectivity index (χ1v) is 7.10. The van der Waals surface area contributed by atoms with Gasteiger partial charge in [0.1, 0.15) is 12.4 Å². The SMILES string of the molecule is Cc1ccc(OCCN(C)C(=O)[C@@H](N)CC(C)C)cc1. The maximum Gasteiger partial charge on any atom is 0.239 e. The fourth-order valence-corrected chi connectivity index (χ4v) is 1.94. The van der Waals surface area contributed by atoms with Gasteiger partial charge in [-0.15, -0.1) is 0 Å². The Morgan fingerprint density at radius 2 is 1.90 bits per heavy atom. The van der Waals surface area contributed by atoms with Crippen LogP contribution < -0.4 is 10.5 Å². The highest BCUT2D eigenvalue weighted by molar-refractivity contribution is 5.81. The summed E-state index contributed by atoms with van der Waals surface area (Å²) in [6.45, 7) is 7.17. The summed E-state index contributed by atoms with van der Waals surface area (Å²) in [7, 11) is 1.76. The van der Waals surface area contributed by atoms with Crippen LogP contribution in [0.5, 0.6) is 5.75 Å². The van der Waals surface area contributed by atoms with Crippen molar-refractivity contribution in [2.24, 2.45) is 11.7 Å². The fourth-order valence-electron chi connectivity index (χ4n) is 1.94. The number of aryl methyl sites for hydroxylation is 1. The van der Waals surface area contributed by atoms with Gasteiger partial charge in [0.05, 0.1) is 12.6 Å². The molecule has 0 saturated heterocycles. The fraction of sp³-hybridized carbons (Fsp3) is 0.562. The Morgan fingerprint density at radius 3 is 2.45 bits per heavy atom. The maximum atomic E-state index is 12.0. The Hall–Kier alpha value is -1.55. The zero-order valence-corrected chi connectivity index (χ0v) is 12.9. The number of benzene rings is 1. The number of nitrogens with zero attached hydrogens (tertiary/aromatic N) is 1. The molecule has 0 aliphatic carbocycles. The number of nitrogens with two attached hydrogens (primary N) is 1. The highest BCUT2D eigenvalue weighted by Crippen LogP contribution is 2.11. The Kier molecular flexibility index (Phi) is 6.52. The average molecular weight is 278 g/mol. The minimum Gasteiger partial charge on any atom is -0.492 e. The third-order valence-corrected chi connectivity index (χ3v) is 3.14. The van der Waals surface area contributed by atoms with Gasteiger partial charge >= 0.3 is 0 Å². The molecule has 0 fully saturated rings. The molecule has 1 atom stereocenters. The summed E-state index contributed by atoms with van der Waals surface area (Å²) in [5.41, 5.74) is 7.08. The van der Waals surface area contributed by atoms with Crippen LogP contribution in [0.25, 0.3) is 0 Å². The predicted molar refractivity (Wildman–Crippen MR) is 81.7 cm³/mol. The van der Waals surface area contributed by atoms with Gasteiger partial charge in [-0.2, -0.15) is 0 Å². The highest BCUT2D eigenvalue weighted by Gasteiger charge is 2.18. The normalized spacial score (nSPS) is 12.3. The summed E-state index contributed by atoms with van der Waals surface area (Å²) >= 11 is 0. The van der Waals surface area contributed by atoms with Gasteiger partial charge in [-0.1, -0.05) is 31.5 Å². The molecule has 0 aliphatic heterocycles. The van der Waals surface area contributed by atoms with Crippen LogP contribution in [-0.4, -0.2) is 37.0 Å². The van der Waals surface area contributed by atoms with Crippen LogP contribution in [0.4, 0.5) is 0 Å². The molecule has 4 heteroatoms. The third-order valence-electron chi connectivity index (χ3n) is 3.14. The number of likely N-dealkylation sites (N-methyl/N-ethyl adjacent to an activating group) is 1. The lowest BCUT2D eigenvalue weighted by Gasteiger charge is -2.22. The van der Waals surface area contributed by atoms with Crippen molar-refractivity contribution in [3.8, 4) is 5.75 Å². The number of rotatable bonds is 7. The van der Waals surface area contributed by atoms with Gasteiger partial charge in [-0.25, -0.2) is 0 Å². The van der Waals surface area contributed by atoms with E-state index in [4.69, 9.17) is 10.5 Å². The number of amides is 1. The summed E-state index contributed by atoms with van der Waals surface area (Å²) in [4.78, 5) is 13.7. The van der Waals surface area contributed by atoms with E-state index < -0.39 is 6.04 Å². The lowest BCUT2D eigenvalue weighted by atomic mass is 10.0. The van der Waals surface area contributed by atoms with Crippen LogP contribution in [0.2, 0.25) is 0 Å². The molecule has 1 rings (SSSR count). The number of carbonyl (C=O) groups is 1. The lowest BCUT2D eigenvalue weighted by Crippen LogP contribution is -2.43. The molecular formula is C16H26N2O2. The van der Waals surface area contributed by atoms with Crippen molar-refractivity contribution >= 4 is 5.91 Å². The summed E-state index contributed by atoms with van der Waals surface area (Å²) in [6, 6.07) is 7.45. The molecule has 0 aromatic heterocycles. The van der Waals surface area contributed by atoms with Crippen LogP contribution in [-0.2, 0) is 4.79 Å². The zero-order valence-electron chi connectivity index (χ0n) is 12.9. The van der Waals surface area contributed by atoms with Gasteiger partial charge in [-0.05, 0) is 31.4 Å². The number of carbonyl (C=O) groups excluding carboxylic acids is 1. The van der Waals surface area contributed by atoms with E-state index in [2.05, 4.69) is 13.8 Å². The van der Waals surface area contributed by atoms with Gasteiger partial charge in [0.25, 0.3) is 0 Å². The largest absolute Gasteiger partial charge is 0.492 e. The quantitative estimate of drug-likeness (QED) is 0.832. The maximum absolute atomic E-state index is 12.0. The molecule has 0 saturated carbocycles. The molecule has 1 aromatic carbocycles. The van der Waals surface area contributed by atoms with Gasteiger partial charge < -0.3 is 15.4 Å². The van der Waals surface area contributed by atoms with Crippen LogP contribution in [0.15, 0.2) is 24.3 Å². The van der Waals surface area contributed by atoms with Crippen molar-refractivity contribution in [1.29, 1.82) is 0 Å². The number of hydrogen-bond donors (Lipinski definition) is 1. The zero-order chi connectivity index (χ0) is 15.1. The first-order chi connectivity index (χ1) is 9.40. The monoisotopic (exact) mass is 278 g/mol. The van der Waals surface area contributed by atoms with Gasteiger partial charge in [0.15, 0.2) is 0 Å². The molecular weight excluding hydrogens is 252 g/mol. The Morgan fingerprint density at radius 1 is 1.30 bits per heavy atom. The molecule has 112 valence electrons. The van der Waals surface area contributed by atoms with E-state index in [1.54, 1.807) is 11.9 Å². The molecule has 0 radical (unpaired) electrons. The van der Waals surface area contributed by atoms with E-state index in [9.17, 15) is 4.79 Å². The minimum atomic E-state index is -0.417. The van der Waals surface area contributed by atoms with E-state index in [0.29, 0.717) is 25.5 Å². The van der Waals surface area contributed by atoms with E-state index >= 15 is 0 Å². The van der Waals surface area contributed by atoms with Crippen molar-refractivity contribution in [2.45, 2.75) is 33.2 Å². The van der Waals surface area contributed by atoms with E-state index in [1.165, 1.54) is 5.56 Å². The first kappa shape index (κ1) is 16.5. The van der Waals surface area contributed by atoms with Crippen molar-refractivity contribution in [3.05, 3.63) is 29.8 Å². The van der Waals surface area contributed by atoms with Crippen molar-refractivity contribution in [1.82, 2.24) is 4.90 Å². The smallest absolute Gasteiger partial charge is 0.239 e. The third kappa shape index (κ3) is 5.61. The second-order valence-corrected chi connectivity index (χ2v) is 5.66.